The molecule has 0 saturated carbocycles. The lowest BCUT2D eigenvalue weighted by Crippen LogP contribution is -2.54. The Morgan fingerprint density at radius 1 is 0.812 bits per heavy atom. The molecule has 0 aliphatic heterocycles. The van der Waals surface area contributed by atoms with Gasteiger partial charge in [-0.2, -0.15) is 0 Å². The van der Waals surface area contributed by atoms with E-state index in [2.05, 4.69) is 5.32 Å². The maximum Gasteiger partial charge on any atom is 0.264 e. The van der Waals surface area contributed by atoms with E-state index < -0.39 is 28.5 Å². The lowest BCUT2D eigenvalue weighted by molar-refractivity contribution is -0.140. The highest BCUT2D eigenvalue weighted by Crippen LogP contribution is 2.34. The summed E-state index contributed by atoms with van der Waals surface area (Å²) in [5, 5.41) is 3.55. The molecule has 0 radical (unpaired) electrons. The summed E-state index contributed by atoms with van der Waals surface area (Å²) in [5.74, 6) is -0.347. The Hall–Kier alpha value is -4.25. The molecule has 1 atom stereocenters. The molecule has 0 heterocycles. The molecule has 4 rings (SSSR count). The molecule has 4 aromatic rings. The lowest BCUT2D eigenvalue weighted by Gasteiger charge is -2.34. The first kappa shape index (κ1) is 36.6. The second-order valence-electron chi connectivity index (χ2n) is 11.5. The number of hydrogen-bond acceptors (Lipinski definition) is 6. The zero-order valence-corrected chi connectivity index (χ0v) is 29.8. The van der Waals surface area contributed by atoms with Gasteiger partial charge in [-0.1, -0.05) is 77.3 Å². The smallest absolute Gasteiger partial charge is 0.264 e. The van der Waals surface area contributed by atoms with Crippen LogP contribution < -0.4 is 19.1 Å². The lowest BCUT2D eigenvalue weighted by atomic mass is 10.0. The summed E-state index contributed by atoms with van der Waals surface area (Å²) >= 11 is 12.5. The van der Waals surface area contributed by atoms with Crippen LogP contribution in [0.5, 0.6) is 11.5 Å². The molecule has 0 bridgehead atoms. The van der Waals surface area contributed by atoms with Gasteiger partial charge in [-0.05, 0) is 68.3 Å². The van der Waals surface area contributed by atoms with Gasteiger partial charge >= 0.3 is 0 Å². The third-order valence-corrected chi connectivity index (χ3v) is 10.1. The molecule has 9 nitrogen and oxygen atoms in total. The Morgan fingerprint density at radius 2 is 1.48 bits per heavy atom. The van der Waals surface area contributed by atoms with E-state index in [-0.39, 0.29) is 46.3 Å². The minimum Gasteiger partial charge on any atom is -0.493 e. The largest absolute Gasteiger partial charge is 0.493 e. The number of carbonyl (C=O) groups is 2. The first-order valence-corrected chi connectivity index (χ1v) is 17.4. The quantitative estimate of drug-likeness (QED) is 0.157. The first-order valence-electron chi connectivity index (χ1n) is 15.2. The topological polar surface area (TPSA) is 105 Å². The van der Waals surface area contributed by atoms with Gasteiger partial charge in [-0.25, -0.2) is 8.42 Å². The van der Waals surface area contributed by atoms with Gasteiger partial charge in [0.1, 0.15) is 12.6 Å². The molecular weight excluding hydrogens is 673 g/mol. The molecule has 12 heteroatoms. The molecule has 0 aromatic heterocycles. The molecule has 0 saturated heterocycles. The summed E-state index contributed by atoms with van der Waals surface area (Å²) in [6, 6.07) is 24.0. The minimum atomic E-state index is -4.30. The number of halogens is 2. The predicted molar refractivity (Wildman–Crippen MR) is 189 cm³/mol. The molecule has 48 heavy (non-hydrogen) atoms. The van der Waals surface area contributed by atoms with Gasteiger partial charge < -0.3 is 19.7 Å². The van der Waals surface area contributed by atoms with Crippen LogP contribution in [-0.2, 0) is 32.6 Å². The Bertz CT molecular complexity index is 1840. The number of hydrogen-bond donors (Lipinski definition) is 1. The summed E-state index contributed by atoms with van der Waals surface area (Å²) in [6.45, 7) is 4.82. The van der Waals surface area contributed by atoms with Crippen LogP contribution in [0.4, 0.5) is 5.69 Å². The number of benzene rings is 4. The van der Waals surface area contributed by atoms with Crippen molar-refractivity contribution in [2.75, 3.05) is 25.1 Å². The van der Waals surface area contributed by atoms with Crippen molar-refractivity contribution in [1.82, 2.24) is 10.2 Å². The Balaban J connectivity index is 1.86. The molecule has 0 unspecified atom stereocenters. The van der Waals surface area contributed by atoms with E-state index in [1.807, 2.05) is 51.1 Å². The van der Waals surface area contributed by atoms with E-state index in [0.717, 1.165) is 15.4 Å². The predicted octanol–water partition coefficient (Wildman–Crippen LogP) is 6.68. The van der Waals surface area contributed by atoms with Gasteiger partial charge in [0.05, 0.1) is 34.8 Å². The van der Waals surface area contributed by atoms with Crippen molar-refractivity contribution >= 4 is 50.7 Å². The zero-order valence-electron chi connectivity index (χ0n) is 27.4. The Labute approximate surface area is 292 Å². The number of rotatable bonds is 14. The van der Waals surface area contributed by atoms with Gasteiger partial charge in [0, 0.05) is 25.1 Å². The van der Waals surface area contributed by atoms with Gasteiger partial charge in [-0.15, -0.1) is 0 Å². The molecule has 0 aliphatic rings. The maximum absolute atomic E-state index is 14.6. The van der Waals surface area contributed by atoms with E-state index in [9.17, 15) is 18.0 Å². The first-order chi connectivity index (χ1) is 22.8. The van der Waals surface area contributed by atoms with Crippen LogP contribution in [0.1, 0.15) is 30.5 Å². The van der Waals surface area contributed by atoms with E-state index in [0.29, 0.717) is 16.3 Å². The third-order valence-electron chi connectivity index (χ3n) is 7.58. The van der Waals surface area contributed by atoms with E-state index in [4.69, 9.17) is 32.7 Å². The van der Waals surface area contributed by atoms with Gasteiger partial charge in [-0.3, -0.25) is 13.9 Å². The number of aryl methyl sites for hydroxylation is 1. The zero-order chi connectivity index (χ0) is 35.0. The fourth-order valence-electron chi connectivity index (χ4n) is 5.12. The van der Waals surface area contributed by atoms with Crippen molar-refractivity contribution in [1.29, 1.82) is 0 Å². The van der Waals surface area contributed by atoms with Crippen LogP contribution in [0.15, 0.2) is 95.9 Å². The second kappa shape index (κ2) is 16.2. The van der Waals surface area contributed by atoms with Crippen molar-refractivity contribution in [2.24, 2.45) is 0 Å². The van der Waals surface area contributed by atoms with Crippen molar-refractivity contribution < 1.29 is 27.5 Å². The number of carbonyl (C=O) groups excluding carboxylic acids is 2. The molecule has 1 N–H and O–H groups in total. The minimum absolute atomic E-state index is 0.00916. The van der Waals surface area contributed by atoms with Crippen LogP contribution in [-0.4, -0.2) is 58.0 Å². The summed E-state index contributed by atoms with van der Waals surface area (Å²) in [7, 11) is -1.40. The number of ether oxygens (including phenoxy) is 2. The summed E-state index contributed by atoms with van der Waals surface area (Å²) < 4.78 is 40.5. The maximum atomic E-state index is 14.6. The Morgan fingerprint density at radius 3 is 2.08 bits per heavy atom. The average molecular weight is 713 g/mol. The standard InChI is InChI=1S/C36H39Cl2N3O6S/c1-24(2)39-36(43)32(20-26-9-7-6-8-10-26)40(22-27-13-17-30(37)31(38)19-27)35(42)23-41(28-14-18-33(46-4)34(21-28)47-5)48(44,45)29-15-11-25(3)12-16-29/h6-19,21,24,32H,20,22-23H2,1-5H3,(H,39,43)/t32-/m1/s1. The number of anilines is 1. The molecular formula is C36H39Cl2N3O6S. The fraction of sp³-hybridized carbons (Fsp3) is 0.278. The Kier molecular flexibility index (Phi) is 12.4. The van der Waals surface area contributed by atoms with Crippen molar-refractivity contribution in [3.05, 3.63) is 118 Å². The average Bonchev–Trinajstić information content (AvgIpc) is 3.06. The van der Waals surface area contributed by atoms with Gasteiger partial charge in [0.15, 0.2) is 11.5 Å². The number of nitrogens with one attached hydrogen (secondary N) is 1. The van der Waals surface area contributed by atoms with Crippen LogP contribution in [0.2, 0.25) is 10.0 Å². The van der Waals surface area contributed by atoms with Crippen LogP contribution in [0, 0.1) is 6.92 Å². The van der Waals surface area contributed by atoms with Crippen molar-refractivity contribution in [2.45, 2.75) is 50.7 Å². The van der Waals surface area contributed by atoms with Crippen LogP contribution in [0.25, 0.3) is 0 Å². The third kappa shape index (κ3) is 9.00. The molecule has 2 amide bonds. The molecule has 4 aromatic carbocycles. The van der Waals surface area contributed by atoms with Crippen molar-refractivity contribution in [3.63, 3.8) is 0 Å². The fourth-order valence-corrected chi connectivity index (χ4v) is 6.84. The number of amides is 2. The van der Waals surface area contributed by atoms with Gasteiger partial charge in [0.25, 0.3) is 10.0 Å². The monoisotopic (exact) mass is 711 g/mol. The molecule has 0 spiro atoms. The highest BCUT2D eigenvalue weighted by atomic mass is 35.5. The summed E-state index contributed by atoms with van der Waals surface area (Å²) in [4.78, 5) is 29.9. The number of sulfonamides is 1. The van der Waals surface area contributed by atoms with E-state index in [1.165, 1.54) is 43.4 Å². The summed E-state index contributed by atoms with van der Waals surface area (Å²) in [6.07, 6.45) is 0.174. The van der Waals surface area contributed by atoms with Crippen LogP contribution in [0.3, 0.4) is 0 Å². The van der Waals surface area contributed by atoms with E-state index in [1.54, 1.807) is 36.4 Å². The highest BCUT2D eigenvalue weighted by Gasteiger charge is 2.35. The van der Waals surface area contributed by atoms with Crippen molar-refractivity contribution in [3.8, 4) is 11.5 Å². The molecule has 0 aliphatic carbocycles. The van der Waals surface area contributed by atoms with E-state index >= 15 is 0 Å². The summed E-state index contributed by atoms with van der Waals surface area (Å²) in [5.41, 5.74) is 2.46. The normalized spacial score (nSPS) is 11.9. The van der Waals surface area contributed by atoms with Gasteiger partial charge in [0.2, 0.25) is 11.8 Å². The number of nitrogens with zero attached hydrogens (tertiary/aromatic N) is 2. The SMILES string of the molecule is COc1ccc(N(CC(=O)N(Cc2ccc(Cl)c(Cl)c2)[C@H](Cc2ccccc2)C(=O)NC(C)C)S(=O)(=O)c2ccc(C)cc2)cc1OC. The molecule has 0 fully saturated rings. The van der Waals surface area contributed by atoms with Crippen LogP contribution >= 0.6 is 23.2 Å². The number of methoxy groups -OCH3 is 2. The second-order valence-corrected chi connectivity index (χ2v) is 14.2. The molecule has 254 valence electrons. The highest BCUT2D eigenvalue weighted by molar-refractivity contribution is 7.92.